The Morgan fingerprint density at radius 1 is 1.06 bits per heavy atom. The summed E-state index contributed by atoms with van der Waals surface area (Å²) in [4.78, 5) is 17.7. The summed E-state index contributed by atoms with van der Waals surface area (Å²) in [6.45, 7) is 2.85. The Balaban J connectivity index is 1.65. The van der Waals surface area contributed by atoms with Crippen molar-refractivity contribution in [2.24, 2.45) is 5.73 Å². The molecule has 172 valence electrons. The number of carbonyl (C=O) groups is 1. The van der Waals surface area contributed by atoms with Crippen molar-refractivity contribution in [3.63, 3.8) is 0 Å². The van der Waals surface area contributed by atoms with Crippen LogP contribution >= 0.6 is 0 Å². The average Bonchev–Trinajstić information content (AvgIpc) is 3.08. The SMILES string of the molecule is C[C@]1(N)CCN(N(C(=O)c2cncc(-c3cc(F)cc(F)c3)c2)C2CCC(F)(F)CC2)C1. The molecule has 1 aromatic heterocycles. The molecule has 1 atom stereocenters. The zero-order valence-corrected chi connectivity index (χ0v) is 17.8. The van der Waals surface area contributed by atoms with E-state index in [1.165, 1.54) is 18.5 Å². The lowest BCUT2D eigenvalue weighted by Gasteiger charge is -2.42. The van der Waals surface area contributed by atoms with Gasteiger partial charge in [-0.15, -0.1) is 0 Å². The van der Waals surface area contributed by atoms with Gasteiger partial charge in [-0.05, 0) is 49.9 Å². The molecule has 2 N–H and O–H groups in total. The number of nitrogens with zero attached hydrogens (tertiary/aromatic N) is 3. The van der Waals surface area contributed by atoms with Crippen molar-refractivity contribution in [2.45, 2.75) is 56.5 Å². The van der Waals surface area contributed by atoms with Gasteiger partial charge in [0.1, 0.15) is 11.6 Å². The number of alkyl halides is 2. The molecule has 1 saturated heterocycles. The van der Waals surface area contributed by atoms with Gasteiger partial charge >= 0.3 is 0 Å². The molecule has 0 spiro atoms. The second-order valence-corrected chi connectivity index (χ2v) is 9.15. The highest BCUT2D eigenvalue weighted by Gasteiger charge is 2.43. The van der Waals surface area contributed by atoms with Crippen LogP contribution in [0.25, 0.3) is 11.1 Å². The number of carbonyl (C=O) groups excluding carboxylic acids is 1. The Morgan fingerprint density at radius 3 is 2.31 bits per heavy atom. The predicted molar refractivity (Wildman–Crippen MR) is 112 cm³/mol. The third-order valence-corrected chi connectivity index (χ3v) is 6.21. The van der Waals surface area contributed by atoms with E-state index < -0.39 is 23.1 Å². The zero-order chi connectivity index (χ0) is 23.1. The van der Waals surface area contributed by atoms with Crippen LogP contribution in [0.15, 0.2) is 36.7 Å². The fourth-order valence-electron chi connectivity index (χ4n) is 4.51. The molecule has 1 saturated carbocycles. The number of hydrazine groups is 1. The predicted octanol–water partition coefficient (Wildman–Crippen LogP) is 4.39. The maximum Gasteiger partial charge on any atom is 0.270 e. The third kappa shape index (κ3) is 4.94. The smallest absolute Gasteiger partial charge is 0.270 e. The molecular formula is C23H26F4N4O. The maximum atomic E-state index is 13.8. The van der Waals surface area contributed by atoms with E-state index in [0.717, 1.165) is 18.2 Å². The molecule has 1 aliphatic heterocycles. The van der Waals surface area contributed by atoms with Gasteiger partial charge < -0.3 is 5.73 Å². The normalized spacial score (nSPS) is 23.9. The number of amides is 1. The number of hydrogen-bond donors (Lipinski definition) is 1. The van der Waals surface area contributed by atoms with Crippen molar-refractivity contribution in [1.29, 1.82) is 0 Å². The van der Waals surface area contributed by atoms with Crippen molar-refractivity contribution in [2.75, 3.05) is 13.1 Å². The lowest BCUT2D eigenvalue weighted by atomic mass is 9.91. The summed E-state index contributed by atoms with van der Waals surface area (Å²) in [6, 6.07) is 4.23. The van der Waals surface area contributed by atoms with Crippen LogP contribution in [0.4, 0.5) is 17.6 Å². The number of aromatic nitrogens is 1. The van der Waals surface area contributed by atoms with E-state index >= 15 is 0 Å². The van der Waals surface area contributed by atoms with Gasteiger partial charge in [0.2, 0.25) is 5.92 Å². The number of benzene rings is 1. The van der Waals surface area contributed by atoms with E-state index in [9.17, 15) is 22.4 Å². The van der Waals surface area contributed by atoms with Crippen LogP contribution in [0.3, 0.4) is 0 Å². The topological polar surface area (TPSA) is 62.5 Å². The van der Waals surface area contributed by atoms with E-state index in [1.807, 2.05) is 11.9 Å². The highest BCUT2D eigenvalue weighted by Crippen LogP contribution is 2.37. The van der Waals surface area contributed by atoms with Crippen molar-refractivity contribution < 1.29 is 22.4 Å². The Morgan fingerprint density at radius 2 is 1.72 bits per heavy atom. The van der Waals surface area contributed by atoms with Gasteiger partial charge in [0, 0.05) is 61.5 Å². The largest absolute Gasteiger partial charge is 0.324 e. The van der Waals surface area contributed by atoms with Gasteiger partial charge in [0.05, 0.1) is 5.56 Å². The molecule has 2 fully saturated rings. The first kappa shape index (κ1) is 22.7. The number of hydrogen-bond acceptors (Lipinski definition) is 4. The minimum Gasteiger partial charge on any atom is -0.324 e. The van der Waals surface area contributed by atoms with Crippen LogP contribution in [0.2, 0.25) is 0 Å². The molecule has 32 heavy (non-hydrogen) atoms. The second kappa shape index (κ2) is 8.44. The second-order valence-electron chi connectivity index (χ2n) is 9.15. The van der Waals surface area contributed by atoms with E-state index in [4.69, 9.17) is 5.73 Å². The molecule has 1 aromatic carbocycles. The average molecular weight is 450 g/mol. The number of rotatable bonds is 4. The molecule has 1 amide bonds. The van der Waals surface area contributed by atoms with Gasteiger partial charge in [-0.1, -0.05) is 0 Å². The molecule has 2 heterocycles. The van der Waals surface area contributed by atoms with Crippen molar-refractivity contribution >= 4 is 5.91 Å². The van der Waals surface area contributed by atoms with Gasteiger partial charge in [0.15, 0.2) is 0 Å². The van der Waals surface area contributed by atoms with Crippen LogP contribution in [0, 0.1) is 11.6 Å². The summed E-state index contributed by atoms with van der Waals surface area (Å²) in [5.74, 6) is -4.58. The molecule has 0 bridgehead atoms. The minimum atomic E-state index is -2.72. The fourth-order valence-corrected chi connectivity index (χ4v) is 4.51. The molecule has 0 radical (unpaired) electrons. The fraction of sp³-hybridized carbons (Fsp3) is 0.478. The van der Waals surface area contributed by atoms with Gasteiger partial charge in [0.25, 0.3) is 5.91 Å². The molecule has 5 nitrogen and oxygen atoms in total. The highest BCUT2D eigenvalue weighted by atomic mass is 19.3. The Kier molecular flexibility index (Phi) is 5.98. The van der Waals surface area contributed by atoms with Gasteiger partial charge in [-0.25, -0.2) is 22.6 Å². The lowest BCUT2D eigenvalue weighted by Crippen LogP contribution is -2.54. The first-order valence-electron chi connectivity index (χ1n) is 10.7. The zero-order valence-electron chi connectivity index (χ0n) is 17.8. The summed E-state index contributed by atoms with van der Waals surface area (Å²) in [5, 5.41) is 3.39. The molecule has 2 aliphatic rings. The molecule has 0 unspecified atom stereocenters. The first-order chi connectivity index (χ1) is 15.0. The first-order valence-corrected chi connectivity index (χ1v) is 10.7. The Hall–Kier alpha value is -2.52. The van der Waals surface area contributed by atoms with Crippen molar-refractivity contribution in [1.82, 2.24) is 15.0 Å². The molecule has 1 aliphatic carbocycles. The van der Waals surface area contributed by atoms with E-state index in [-0.39, 0.29) is 48.8 Å². The number of pyridine rings is 1. The highest BCUT2D eigenvalue weighted by molar-refractivity contribution is 5.95. The van der Waals surface area contributed by atoms with Crippen molar-refractivity contribution in [3.8, 4) is 11.1 Å². The van der Waals surface area contributed by atoms with Crippen LogP contribution < -0.4 is 5.73 Å². The van der Waals surface area contributed by atoms with E-state index in [1.54, 1.807) is 5.01 Å². The quantitative estimate of drug-likeness (QED) is 0.702. The molecule has 2 aromatic rings. The molecular weight excluding hydrogens is 424 g/mol. The maximum absolute atomic E-state index is 13.8. The lowest BCUT2D eigenvalue weighted by molar-refractivity contribution is -0.0845. The summed E-state index contributed by atoms with van der Waals surface area (Å²) in [6.07, 6.45) is 3.26. The molecule has 4 rings (SSSR count). The van der Waals surface area contributed by atoms with Crippen LogP contribution in [0.1, 0.15) is 49.4 Å². The van der Waals surface area contributed by atoms with Gasteiger partial charge in [-0.3, -0.25) is 14.8 Å². The van der Waals surface area contributed by atoms with Gasteiger partial charge in [-0.2, -0.15) is 0 Å². The minimum absolute atomic E-state index is 0.179. The molecule has 9 heteroatoms. The summed E-state index contributed by atoms with van der Waals surface area (Å²) < 4.78 is 54.9. The number of halogens is 4. The standard InChI is InChI=1S/C23H26F4N4O/c1-22(28)6-7-30(14-22)31(20-2-4-23(26,27)5-3-20)21(32)17-8-16(12-29-13-17)15-9-18(24)11-19(25)10-15/h8-13,20H,2-7,14,28H2,1H3/t22-/m0/s1. The van der Waals surface area contributed by atoms with Crippen LogP contribution in [0.5, 0.6) is 0 Å². The summed E-state index contributed by atoms with van der Waals surface area (Å²) in [7, 11) is 0. The monoisotopic (exact) mass is 450 g/mol. The Bertz CT molecular complexity index is 983. The van der Waals surface area contributed by atoms with Crippen LogP contribution in [-0.2, 0) is 0 Å². The third-order valence-electron chi connectivity index (χ3n) is 6.21. The van der Waals surface area contributed by atoms with E-state index in [0.29, 0.717) is 25.1 Å². The Labute approximate surface area is 184 Å². The number of nitrogens with two attached hydrogens (primary N) is 1. The summed E-state index contributed by atoms with van der Waals surface area (Å²) in [5.41, 5.74) is 6.63. The van der Waals surface area contributed by atoms with Crippen molar-refractivity contribution in [3.05, 3.63) is 53.9 Å². The van der Waals surface area contributed by atoms with Crippen LogP contribution in [-0.4, -0.2) is 51.5 Å². The summed E-state index contributed by atoms with van der Waals surface area (Å²) >= 11 is 0. The van der Waals surface area contributed by atoms with E-state index in [2.05, 4.69) is 4.98 Å².